The summed E-state index contributed by atoms with van der Waals surface area (Å²) in [5, 5.41) is 3.13. The number of methoxy groups -OCH3 is 1. The number of ether oxygens (including phenoxy) is 1. The Bertz CT molecular complexity index is 976. The molecule has 2 aromatic carbocycles. The van der Waals surface area contributed by atoms with Crippen molar-refractivity contribution in [3.05, 3.63) is 52.0 Å². The van der Waals surface area contributed by atoms with Crippen LogP contribution in [0.5, 0.6) is 5.75 Å². The van der Waals surface area contributed by atoms with Gasteiger partial charge in [-0.15, -0.1) is 0 Å². The highest BCUT2D eigenvalue weighted by Crippen LogP contribution is 2.30. The van der Waals surface area contributed by atoms with Gasteiger partial charge in [0.05, 0.1) is 17.0 Å². The van der Waals surface area contributed by atoms with E-state index in [9.17, 15) is 13.2 Å². The van der Waals surface area contributed by atoms with E-state index >= 15 is 0 Å². The summed E-state index contributed by atoms with van der Waals surface area (Å²) < 4.78 is 33.1. The van der Waals surface area contributed by atoms with Crippen LogP contribution in [0.15, 0.2) is 51.8 Å². The molecule has 0 atom stereocenters. The Morgan fingerprint density at radius 2 is 1.93 bits per heavy atom. The summed E-state index contributed by atoms with van der Waals surface area (Å²) >= 11 is 9.44. The summed E-state index contributed by atoms with van der Waals surface area (Å²) in [7, 11) is -2.20. The summed E-state index contributed by atoms with van der Waals surface area (Å²) in [6.45, 7) is 0.561. The summed E-state index contributed by atoms with van der Waals surface area (Å²) in [4.78, 5) is 12.6. The molecule has 9 heteroatoms. The van der Waals surface area contributed by atoms with Gasteiger partial charge in [0.15, 0.2) is 0 Å². The van der Waals surface area contributed by atoms with Gasteiger partial charge in [0.25, 0.3) is 0 Å². The molecule has 0 aliphatic carbocycles. The lowest BCUT2D eigenvalue weighted by Gasteiger charge is -2.30. The Hall–Kier alpha value is -1.61. The average molecular weight is 488 g/mol. The molecule has 1 aliphatic heterocycles. The zero-order chi connectivity index (χ0) is 20.3. The molecule has 1 aliphatic rings. The quantitative estimate of drug-likeness (QED) is 0.687. The minimum atomic E-state index is -3.67. The van der Waals surface area contributed by atoms with Gasteiger partial charge < -0.3 is 10.1 Å². The van der Waals surface area contributed by atoms with E-state index in [1.807, 2.05) is 24.3 Å². The van der Waals surface area contributed by atoms with Crippen molar-refractivity contribution < 1.29 is 17.9 Å². The van der Waals surface area contributed by atoms with E-state index in [-0.39, 0.29) is 34.8 Å². The molecule has 1 saturated heterocycles. The smallest absolute Gasteiger partial charge is 0.243 e. The molecule has 1 N–H and O–H groups in total. The zero-order valence-corrected chi connectivity index (χ0v) is 18.4. The first-order chi connectivity index (χ1) is 13.3. The number of nitrogens with zero attached hydrogens (tertiary/aromatic N) is 1. The number of hydrogen-bond acceptors (Lipinski definition) is 4. The molecule has 0 bridgehead atoms. The highest BCUT2D eigenvalue weighted by atomic mass is 79.9. The third-order valence-corrected chi connectivity index (χ3v) is 7.36. The lowest BCUT2D eigenvalue weighted by molar-refractivity contribution is -0.120. The van der Waals surface area contributed by atoms with Gasteiger partial charge in [0, 0.05) is 29.2 Å². The first-order valence-electron chi connectivity index (χ1n) is 8.71. The number of carbonyl (C=O) groups is 1. The van der Waals surface area contributed by atoms with E-state index in [1.54, 1.807) is 0 Å². The zero-order valence-electron chi connectivity index (χ0n) is 15.2. The minimum Gasteiger partial charge on any atom is -0.495 e. The SMILES string of the molecule is COc1ccc(S(=O)(=O)N2CCC(C(=O)Nc3cccc(Br)c3)CC2)cc1Cl. The van der Waals surface area contributed by atoms with Gasteiger partial charge in [-0.1, -0.05) is 33.6 Å². The second-order valence-corrected chi connectivity index (χ2v) is 9.74. The van der Waals surface area contributed by atoms with Gasteiger partial charge in [-0.05, 0) is 49.2 Å². The summed E-state index contributed by atoms with van der Waals surface area (Å²) in [5.41, 5.74) is 0.710. The van der Waals surface area contributed by atoms with Gasteiger partial charge in [0.1, 0.15) is 5.75 Å². The number of piperidine rings is 1. The molecule has 0 saturated carbocycles. The van der Waals surface area contributed by atoms with Crippen molar-refractivity contribution in [2.45, 2.75) is 17.7 Å². The highest BCUT2D eigenvalue weighted by Gasteiger charge is 2.32. The molecule has 3 rings (SSSR count). The number of anilines is 1. The molecule has 6 nitrogen and oxygen atoms in total. The van der Waals surface area contributed by atoms with Crippen LogP contribution >= 0.6 is 27.5 Å². The van der Waals surface area contributed by atoms with Crippen LogP contribution in [-0.4, -0.2) is 38.8 Å². The van der Waals surface area contributed by atoms with Gasteiger partial charge in [-0.3, -0.25) is 4.79 Å². The van der Waals surface area contributed by atoms with E-state index in [0.717, 1.165) is 4.47 Å². The topological polar surface area (TPSA) is 75.7 Å². The van der Waals surface area contributed by atoms with Gasteiger partial charge in [-0.2, -0.15) is 4.31 Å². The van der Waals surface area contributed by atoms with Crippen LogP contribution < -0.4 is 10.1 Å². The van der Waals surface area contributed by atoms with Crippen LogP contribution in [0.2, 0.25) is 5.02 Å². The van der Waals surface area contributed by atoms with Crippen molar-refractivity contribution in [2.24, 2.45) is 5.92 Å². The predicted molar refractivity (Wildman–Crippen MR) is 112 cm³/mol. The Labute approximate surface area is 178 Å². The van der Waals surface area contributed by atoms with Crippen molar-refractivity contribution in [1.82, 2.24) is 4.31 Å². The van der Waals surface area contributed by atoms with Crippen LogP contribution in [0.25, 0.3) is 0 Å². The minimum absolute atomic E-state index is 0.0948. The van der Waals surface area contributed by atoms with Gasteiger partial charge in [0.2, 0.25) is 15.9 Å². The number of benzene rings is 2. The van der Waals surface area contributed by atoms with Gasteiger partial charge in [-0.25, -0.2) is 8.42 Å². The van der Waals surface area contributed by atoms with E-state index in [2.05, 4.69) is 21.2 Å². The van der Waals surface area contributed by atoms with Crippen molar-refractivity contribution in [1.29, 1.82) is 0 Å². The van der Waals surface area contributed by atoms with Crippen LogP contribution in [0, 0.1) is 5.92 Å². The molecule has 2 aromatic rings. The molecular formula is C19H20BrClN2O4S. The molecule has 0 aromatic heterocycles. The maximum atomic E-state index is 12.9. The van der Waals surface area contributed by atoms with Crippen LogP contribution in [0.4, 0.5) is 5.69 Å². The summed E-state index contributed by atoms with van der Waals surface area (Å²) in [6.07, 6.45) is 0.923. The Morgan fingerprint density at radius 1 is 1.21 bits per heavy atom. The number of sulfonamides is 1. The number of nitrogens with one attached hydrogen (secondary N) is 1. The Morgan fingerprint density at radius 3 is 2.54 bits per heavy atom. The first kappa shape index (κ1) is 21.1. The molecule has 1 fully saturated rings. The highest BCUT2D eigenvalue weighted by molar-refractivity contribution is 9.10. The number of halogens is 2. The van der Waals surface area contributed by atoms with E-state index in [4.69, 9.17) is 16.3 Å². The largest absolute Gasteiger partial charge is 0.495 e. The Kier molecular flexibility index (Phi) is 6.65. The Balaban J connectivity index is 1.64. The third-order valence-electron chi connectivity index (χ3n) is 4.68. The van der Waals surface area contributed by atoms with Crippen LogP contribution in [0.3, 0.4) is 0 Å². The van der Waals surface area contributed by atoms with E-state index < -0.39 is 10.0 Å². The summed E-state index contributed by atoms with van der Waals surface area (Å²) in [5.74, 6) is 0.0936. The molecule has 1 amide bonds. The maximum absolute atomic E-state index is 12.9. The molecule has 0 radical (unpaired) electrons. The standard InChI is InChI=1S/C19H20BrClN2O4S/c1-27-18-6-5-16(12-17(18)21)28(25,26)23-9-7-13(8-10-23)19(24)22-15-4-2-3-14(20)11-15/h2-6,11-13H,7-10H2,1H3,(H,22,24). The molecular weight excluding hydrogens is 468 g/mol. The molecule has 150 valence electrons. The average Bonchev–Trinajstić information content (AvgIpc) is 2.68. The number of amides is 1. The van der Waals surface area contributed by atoms with E-state index in [0.29, 0.717) is 24.3 Å². The fourth-order valence-corrected chi connectivity index (χ4v) is 5.34. The molecule has 0 spiro atoms. The lowest BCUT2D eigenvalue weighted by Crippen LogP contribution is -2.41. The van der Waals surface area contributed by atoms with Crippen molar-refractivity contribution in [3.63, 3.8) is 0 Å². The second kappa shape index (κ2) is 8.82. The fraction of sp³-hybridized carbons (Fsp3) is 0.316. The molecule has 1 heterocycles. The van der Waals surface area contributed by atoms with Crippen LogP contribution in [0.1, 0.15) is 12.8 Å². The normalized spacial score (nSPS) is 16.0. The molecule has 0 unspecified atom stereocenters. The van der Waals surface area contributed by atoms with Crippen molar-refractivity contribution in [2.75, 3.05) is 25.5 Å². The van der Waals surface area contributed by atoms with Crippen molar-refractivity contribution in [3.8, 4) is 5.75 Å². The van der Waals surface area contributed by atoms with Crippen molar-refractivity contribution >= 4 is 49.1 Å². The lowest BCUT2D eigenvalue weighted by atomic mass is 9.97. The maximum Gasteiger partial charge on any atom is 0.243 e. The summed E-state index contributed by atoms with van der Waals surface area (Å²) in [6, 6.07) is 11.8. The third kappa shape index (κ3) is 4.68. The second-order valence-electron chi connectivity index (χ2n) is 6.47. The molecule has 28 heavy (non-hydrogen) atoms. The number of rotatable bonds is 5. The predicted octanol–water partition coefficient (Wildman–Crippen LogP) is 4.15. The fourth-order valence-electron chi connectivity index (χ4n) is 3.13. The van der Waals surface area contributed by atoms with Crippen LogP contribution in [-0.2, 0) is 14.8 Å². The van der Waals surface area contributed by atoms with E-state index in [1.165, 1.54) is 29.6 Å². The first-order valence-corrected chi connectivity index (χ1v) is 11.3. The van der Waals surface area contributed by atoms with Gasteiger partial charge >= 0.3 is 0 Å². The monoisotopic (exact) mass is 486 g/mol. The number of hydrogen-bond donors (Lipinski definition) is 1. The number of carbonyl (C=O) groups excluding carboxylic acids is 1.